The van der Waals surface area contributed by atoms with Crippen molar-refractivity contribution in [2.45, 2.75) is 94.3 Å². The summed E-state index contributed by atoms with van der Waals surface area (Å²) in [5.41, 5.74) is 15.8. The number of ether oxygens (including phenoxy) is 2. The molecule has 6 amide bonds. The van der Waals surface area contributed by atoms with E-state index in [1.54, 1.807) is 60.8 Å². The number of carbonyl (C=O) groups excluding carboxylic acids is 7. The number of unbranched alkanes of at least 4 members (excludes halogenated alkanes) is 1. The highest BCUT2D eigenvalue weighted by molar-refractivity contribution is 5.99. The zero-order chi connectivity index (χ0) is 54.1. The van der Waals surface area contributed by atoms with Gasteiger partial charge in [0.15, 0.2) is 5.78 Å². The molecule has 0 spiro atoms. The minimum absolute atomic E-state index is 0.00193. The van der Waals surface area contributed by atoms with Crippen LogP contribution in [-0.2, 0) is 59.4 Å². The van der Waals surface area contributed by atoms with E-state index in [9.17, 15) is 24.0 Å². The molecule has 77 heavy (non-hydrogen) atoms. The lowest BCUT2D eigenvalue weighted by Crippen LogP contribution is -2.58. The number of alkyl carbamates (subject to hydrolysis) is 1. The Hall–Kier alpha value is -8.35. The number of para-hydroxylation sites is 1. The van der Waals surface area contributed by atoms with E-state index in [2.05, 4.69) is 31.6 Å². The van der Waals surface area contributed by atoms with Gasteiger partial charge in [-0.3, -0.25) is 28.8 Å². The molecule has 402 valence electrons. The third-order valence-corrected chi connectivity index (χ3v) is 14.0. The molecule has 18 heteroatoms. The molecule has 2 fully saturated rings. The molecule has 18 nitrogen and oxygen atoms in total. The lowest BCUT2D eigenvalue weighted by Gasteiger charge is -2.31. The lowest BCUT2D eigenvalue weighted by molar-refractivity contribution is -0.144. The van der Waals surface area contributed by atoms with Gasteiger partial charge in [0, 0.05) is 55.4 Å². The molecule has 2 aliphatic heterocycles. The zero-order valence-electron chi connectivity index (χ0n) is 42.9. The summed E-state index contributed by atoms with van der Waals surface area (Å²) in [6.45, 7) is 0.696. The van der Waals surface area contributed by atoms with Gasteiger partial charge in [0.1, 0.15) is 42.6 Å². The van der Waals surface area contributed by atoms with E-state index in [4.69, 9.17) is 20.9 Å². The van der Waals surface area contributed by atoms with E-state index in [1.165, 1.54) is 4.90 Å². The average Bonchev–Trinajstić information content (AvgIpc) is 4.08. The number of amides is 6. The minimum atomic E-state index is -1.40. The molecule has 1 unspecified atom stereocenters. The van der Waals surface area contributed by atoms with Gasteiger partial charge in [-0.1, -0.05) is 121 Å². The molecule has 7 atom stereocenters. The standard InChI is InChI=1S/C59H67N9O9/c60-27-13-12-22-48-54(70)65-49(31-39-23-25-44(26-24-39)76-37-40-16-6-2-7-17-40)52(69)33-42(30-38-14-4-1-5-15-38)58(74)68-36-45(77-59(75)62-29-28-61)34-51(68)56(72)67-53(41-18-8-3-9-19-41)57(73)66-50(55(71)64-48)32-43-35-63-47-21-11-10-20-46(43)47/h1-11,14-21,23-26,35,42,45,48-51,53,63H,12-13,22,27-34,36-37,60-61H2,(H,62,75)(H,64,71)(H,65,70)(H,66,73)(H,67,72)/t42-,45-,48+,49+,50+,51+,53?/m1/s1. The van der Waals surface area contributed by atoms with Gasteiger partial charge in [0.2, 0.25) is 29.5 Å². The van der Waals surface area contributed by atoms with Crippen LogP contribution in [0.3, 0.4) is 0 Å². The second-order valence-electron chi connectivity index (χ2n) is 19.5. The molecule has 2 aliphatic rings. The van der Waals surface area contributed by atoms with Crippen molar-refractivity contribution >= 4 is 52.3 Å². The zero-order valence-corrected chi connectivity index (χ0v) is 42.9. The van der Waals surface area contributed by atoms with E-state index in [0.29, 0.717) is 48.4 Å². The van der Waals surface area contributed by atoms with Gasteiger partial charge in [-0.2, -0.15) is 0 Å². The number of aromatic nitrogens is 1. The number of hydrogen-bond donors (Lipinski definition) is 8. The second-order valence-corrected chi connectivity index (χ2v) is 19.5. The average molecular weight is 1050 g/mol. The first kappa shape index (κ1) is 54.9. The van der Waals surface area contributed by atoms with Crippen LogP contribution in [-0.4, -0.2) is 108 Å². The van der Waals surface area contributed by atoms with Crippen molar-refractivity contribution in [1.29, 1.82) is 0 Å². The minimum Gasteiger partial charge on any atom is -0.489 e. The Kier molecular flexibility index (Phi) is 19.2. The molecule has 8 rings (SSSR count). The van der Waals surface area contributed by atoms with Crippen LogP contribution in [0.25, 0.3) is 10.9 Å². The SMILES string of the molecule is NCCCC[C@@H]1NC(=O)[C@H](Cc2c[nH]c3ccccc23)NC(=O)C(c2ccccc2)NC(=O)[C@@H]2C[C@@H](OC(=O)NCCN)CN2C(=O)[C@H](Cc2ccccc2)CC(=O)[C@H](Cc2ccc(OCc3ccccc3)cc2)NC1=O. The lowest BCUT2D eigenvalue weighted by atomic mass is 9.89. The topological polar surface area (TPSA) is 269 Å². The van der Waals surface area contributed by atoms with Crippen molar-refractivity contribution in [2.24, 2.45) is 17.4 Å². The number of nitrogens with zero attached hydrogens (tertiary/aromatic N) is 1. The first-order valence-corrected chi connectivity index (χ1v) is 26.2. The van der Waals surface area contributed by atoms with Gasteiger partial charge >= 0.3 is 6.09 Å². The van der Waals surface area contributed by atoms with E-state index >= 15 is 9.59 Å². The summed E-state index contributed by atoms with van der Waals surface area (Å²) in [5.74, 6) is -4.38. The number of benzene rings is 5. The quantitative estimate of drug-likeness (QED) is 0.0591. The number of rotatable bonds is 17. The Labute approximate surface area is 447 Å². The number of ketones is 1. The molecular weight excluding hydrogens is 979 g/mol. The number of Topliss-reactive ketones (excluding diaryl/α,β-unsaturated/α-hetero) is 1. The number of H-pyrrole nitrogens is 1. The Morgan fingerprint density at radius 1 is 0.623 bits per heavy atom. The van der Waals surface area contributed by atoms with Gasteiger partial charge in [0.05, 0.1) is 12.6 Å². The van der Waals surface area contributed by atoms with E-state index in [0.717, 1.165) is 22.0 Å². The highest BCUT2D eigenvalue weighted by Crippen LogP contribution is 2.29. The van der Waals surface area contributed by atoms with Crippen molar-refractivity contribution < 1.29 is 43.0 Å². The molecule has 0 bridgehead atoms. The van der Waals surface area contributed by atoms with E-state index in [1.807, 2.05) is 84.9 Å². The van der Waals surface area contributed by atoms with Crippen LogP contribution in [0.2, 0.25) is 0 Å². The molecule has 0 radical (unpaired) electrons. The summed E-state index contributed by atoms with van der Waals surface area (Å²) in [5, 5.41) is 15.1. The van der Waals surface area contributed by atoms with Gasteiger partial charge in [-0.05, 0) is 84.7 Å². The third-order valence-electron chi connectivity index (χ3n) is 14.0. The Morgan fingerprint density at radius 3 is 1.97 bits per heavy atom. The molecule has 1 aromatic heterocycles. The molecule has 0 aliphatic carbocycles. The smallest absolute Gasteiger partial charge is 0.407 e. The predicted octanol–water partition coefficient (Wildman–Crippen LogP) is 4.46. The van der Waals surface area contributed by atoms with Crippen molar-refractivity contribution in [3.63, 3.8) is 0 Å². The summed E-state index contributed by atoms with van der Waals surface area (Å²) in [6, 6.07) is 35.5. The molecular formula is C59H67N9O9. The Morgan fingerprint density at radius 2 is 1.26 bits per heavy atom. The fraction of sp³-hybridized carbons (Fsp3) is 0.339. The maximum absolute atomic E-state index is 15.4. The van der Waals surface area contributed by atoms with Crippen molar-refractivity contribution in [1.82, 2.24) is 36.5 Å². The first-order valence-electron chi connectivity index (χ1n) is 26.2. The summed E-state index contributed by atoms with van der Waals surface area (Å²) < 4.78 is 11.8. The van der Waals surface area contributed by atoms with Crippen LogP contribution >= 0.6 is 0 Å². The largest absolute Gasteiger partial charge is 0.489 e. The molecule has 2 saturated heterocycles. The van der Waals surface area contributed by atoms with Crippen LogP contribution in [0.15, 0.2) is 146 Å². The maximum Gasteiger partial charge on any atom is 0.407 e. The van der Waals surface area contributed by atoms with Crippen molar-refractivity contribution in [3.05, 3.63) is 174 Å². The van der Waals surface area contributed by atoms with Crippen molar-refractivity contribution in [2.75, 3.05) is 26.2 Å². The van der Waals surface area contributed by atoms with E-state index < -0.39 is 83.6 Å². The Bertz CT molecular complexity index is 2960. The highest BCUT2D eigenvalue weighted by Gasteiger charge is 2.45. The molecule has 5 aromatic carbocycles. The number of hydrogen-bond acceptors (Lipinski definition) is 11. The van der Waals surface area contributed by atoms with Crippen molar-refractivity contribution in [3.8, 4) is 5.75 Å². The van der Waals surface area contributed by atoms with Gasteiger partial charge in [0.25, 0.3) is 0 Å². The number of fused-ring (bicyclic) bond motifs is 2. The predicted molar refractivity (Wildman–Crippen MR) is 290 cm³/mol. The summed E-state index contributed by atoms with van der Waals surface area (Å²) in [7, 11) is 0. The fourth-order valence-corrected chi connectivity index (χ4v) is 9.93. The highest BCUT2D eigenvalue weighted by atomic mass is 16.6. The molecule has 0 saturated carbocycles. The van der Waals surface area contributed by atoms with Crippen LogP contribution < -0.4 is 42.8 Å². The summed E-state index contributed by atoms with van der Waals surface area (Å²) >= 11 is 0. The fourth-order valence-electron chi connectivity index (χ4n) is 9.93. The van der Waals surface area contributed by atoms with Crippen LogP contribution in [0.4, 0.5) is 4.79 Å². The summed E-state index contributed by atoms with van der Waals surface area (Å²) in [6.07, 6.45) is 0.583. The molecule has 10 N–H and O–H groups in total. The summed E-state index contributed by atoms with van der Waals surface area (Å²) in [4.78, 5) is 108. The van der Waals surface area contributed by atoms with E-state index in [-0.39, 0.29) is 58.2 Å². The number of aromatic amines is 1. The van der Waals surface area contributed by atoms with Crippen LogP contribution in [0, 0.1) is 5.92 Å². The normalized spacial score (nSPS) is 21.7. The Balaban J connectivity index is 1.19. The van der Waals surface area contributed by atoms with Gasteiger partial charge in [-0.25, -0.2) is 4.79 Å². The molecule has 3 heterocycles. The second kappa shape index (κ2) is 26.9. The number of nitrogens with two attached hydrogens (primary N) is 2. The number of nitrogens with one attached hydrogen (secondary N) is 6. The number of carbonyl (C=O) groups is 7. The van der Waals surface area contributed by atoms with Gasteiger partial charge < -0.3 is 57.4 Å². The van der Waals surface area contributed by atoms with Crippen LogP contribution in [0.5, 0.6) is 5.75 Å². The van der Waals surface area contributed by atoms with Crippen LogP contribution in [0.1, 0.15) is 66.0 Å². The first-order chi connectivity index (χ1) is 37.5. The van der Waals surface area contributed by atoms with Gasteiger partial charge in [-0.15, -0.1) is 0 Å². The maximum atomic E-state index is 15.4. The molecule has 6 aromatic rings. The third kappa shape index (κ3) is 15.0. The monoisotopic (exact) mass is 1050 g/mol.